The van der Waals surface area contributed by atoms with Crippen LogP contribution in [-0.4, -0.2) is 37.3 Å². The first kappa shape index (κ1) is 15.5. The van der Waals surface area contributed by atoms with E-state index in [4.69, 9.17) is 9.47 Å². The van der Waals surface area contributed by atoms with Gasteiger partial charge in [0.1, 0.15) is 18.5 Å². The summed E-state index contributed by atoms with van der Waals surface area (Å²) in [5.41, 5.74) is 4.21. The fourth-order valence-corrected chi connectivity index (χ4v) is 2.82. The number of methoxy groups -OCH3 is 1. The summed E-state index contributed by atoms with van der Waals surface area (Å²) in [5, 5.41) is 2.83. The second kappa shape index (κ2) is 6.79. The van der Waals surface area contributed by atoms with E-state index in [9.17, 15) is 4.79 Å². The van der Waals surface area contributed by atoms with Gasteiger partial charge in [0.25, 0.3) is 0 Å². The minimum absolute atomic E-state index is 0.0593. The summed E-state index contributed by atoms with van der Waals surface area (Å²) in [7, 11) is 1.50. The number of fused-ring (bicyclic) bond motifs is 1. The number of ether oxygens (including phenoxy) is 2. The molecule has 1 aliphatic heterocycles. The number of aryl methyl sites for hydroxylation is 1. The van der Waals surface area contributed by atoms with Crippen LogP contribution in [0.25, 0.3) is 11.3 Å². The standard InChI is InChI=1S/C18H20N2O3/c1-12-5-4-8-19-17(12)15-7-3-6-13-9-14(23-18(13)15)10-20-16(21)11-22-2/h3-8,14H,9-11H2,1-2H3,(H,20,21)/t14-/m1/s1. The van der Waals surface area contributed by atoms with Crippen LogP contribution in [0.15, 0.2) is 36.5 Å². The molecule has 0 fully saturated rings. The van der Waals surface area contributed by atoms with E-state index >= 15 is 0 Å². The fourth-order valence-electron chi connectivity index (χ4n) is 2.82. The molecule has 2 aromatic rings. The van der Waals surface area contributed by atoms with Gasteiger partial charge in [-0.15, -0.1) is 0 Å². The molecule has 1 aromatic heterocycles. The highest BCUT2D eigenvalue weighted by molar-refractivity contribution is 5.77. The molecule has 23 heavy (non-hydrogen) atoms. The number of carbonyl (C=O) groups excluding carboxylic acids is 1. The Hall–Kier alpha value is -2.40. The number of nitrogens with zero attached hydrogens (tertiary/aromatic N) is 1. The van der Waals surface area contributed by atoms with Gasteiger partial charge in [0.2, 0.25) is 5.91 Å². The number of nitrogens with one attached hydrogen (secondary N) is 1. The molecule has 0 aliphatic carbocycles. The minimum atomic E-state index is -0.132. The zero-order chi connectivity index (χ0) is 16.2. The quantitative estimate of drug-likeness (QED) is 0.919. The molecule has 1 amide bonds. The molecule has 0 bridgehead atoms. The van der Waals surface area contributed by atoms with Crippen molar-refractivity contribution in [3.05, 3.63) is 47.7 Å². The van der Waals surface area contributed by atoms with Crippen LogP contribution in [0.1, 0.15) is 11.1 Å². The molecule has 0 saturated heterocycles. The lowest BCUT2D eigenvalue weighted by Crippen LogP contribution is -2.36. The molecule has 0 unspecified atom stereocenters. The molecular formula is C18H20N2O3. The molecule has 1 N–H and O–H groups in total. The Morgan fingerprint density at radius 2 is 2.26 bits per heavy atom. The first-order valence-electron chi connectivity index (χ1n) is 7.65. The lowest BCUT2D eigenvalue weighted by atomic mass is 10.0. The first-order valence-corrected chi connectivity index (χ1v) is 7.65. The molecule has 2 heterocycles. The SMILES string of the molecule is COCC(=O)NC[C@H]1Cc2cccc(-c3ncccc3C)c2O1. The Kier molecular flexibility index (Phi) is 4.57. The van der Waals surface area contributed by atoms with Crippen LogP contribution in [0, 0.1) is 6.92 Å². The molecule has 1 aromatic carbocycles. The lowest BCUT2D eigenvalue weighted by molar-refractivity contribution is -0.125. The van der Waals surface area contributed by atoms with Gasteiger partial charge in [-0.05, 0) is 30.2 Å². The van der Waals surface area contributed by atoms with Crippen LogP contribution in [0.4, 0.5) is 0 Å². The minimum Gasteiger partial charge on any atom is -0.487 e. The van der Waals surface area contributed by atoms with Crippen LogP contribution in [-0.2, 0) is 16.0 Å². The normalized spacial score (nSPS) is 15.8. The summed E-state index contributed by atoms with van der Waals surface area (Å²) < 4.78 is 10.9. The van der Waals surface area contributed by atoms with E-state index in [1.54, 1.807) is 6.20 Å². The summed E-state index contributed by atoms with van der Waals surface area (Å²) in [6.07, 6.45) is 2.51. The Labute approximate surface area is 135 Å². The highest BCUT2D eigenvalue weighted by atomic mass is 16.5. The van der Waals surface area contributed by atoms with Crippen molar-refractivity contribution in [2.75, 3.05) is 20.3 Å². The predicted octanol–water partition coefficient (Wildman–Crippen LogP) is 2.12. The number of rotatable bonds is 5. The topological polar surface area (TPSA) is 60.5 Å². The van der Waals surface area contributed by atoms with Gasteiger partial charge in [0, 0.05) is 25.3 Å². The Morgan fingerprint density at radius 3 is 3.04 bits per heavy atom. The number of benzene rings is 1. The molecule has 0 spiro atoms. The summed E-state index contributed by atoms with van der Waals surface area (Å²) in [6.45, 7) is 2.58. The van der Waals surface area contributed by atoms with Gasteiger partial charge >= 0.3 is 0 Å². The van der Waals surface area contributed by atoms with Gasteiger partial charge in [-0.3, -0.25) is 9.78 Å². The van der Waals surface area contributed by atoms with Crippen molar-refractivity contribution in [3.8, 4) is 17.0 Å². The first-order chi connectivity index (χ1) is 11.2. The van der Waals surface area contributed by atoms with Crippen molar-refractivity contribution in [3.63, 3.8) is 0 Å². The predicted molar refractivity (Wildman–Crippen MR) is 87.4 cm³/mol. The molecule has 1 aliphatic rings. The number of aromatic nitrogens is 1. The largest absolute Gasteiger partial charge is 0.487 e. The zero-order valence-corrected chi connectivity index (χ0v) is 13.3. The van der Waals surface area contributed by atoms with Gasteiger partial charge < -0.3 is 14.8 Å². The summed E-state index contributed by atoms with van der Waals surface area (Å²) >= 11 is 0. The van der Waals surface area contributed by atoms with Crippen molar-refractivity contribution in [2.24, 2.45) is 0 Å². The molecule has 3 rings (SSSR count). The number of pyridine rings is 1. The average Bonchev–Trinajstić information content (AvgIpc) is 2.97. The maximum absolute atomic E-state index is 11.5. The van der Waals surface area contributed by atoms with E-state index in [-0.39, 0.29) is 18.6 Å². The number of carbonyl (C=O) groups is 1. The molecule has 5 heteroatoms. The average molecular weight is 312 g/mol. The van der Waals surface area contributed by atoms with E-state index in [1.807, 2.05) is 31.2 Å². The van der Waals surface area contributed by atoms with Crippen LogP contribution >= 0.6 is 0 Å². The van der Waals surface area contributed by atoms with Gasteiger partial charge in [0.15, 0.2) is 0 Å². The maximum Gasteiger partial charge on any atom is 0.246 e. The third kappa shape index (κ3) is 3.35. The van der Waals surface area contributed by atoms with Crippen molar-refractivity contribution in [2.45, 2.75) is 19.4 Å². The van der Waals surface area contributed by atoms with Crippen LogP contribution in [0.5, 0.6) is 5.75 Å². The smallest absolute Gasteiger partial charge is 0.246 e. The molecular weight excluding hydrogens is 292 g/mol. The van der Waals surface area contributed by atoms with Crippen molar-refractivity contribution < 1.29 is 14.3 Å². The van der Waals surface area contributed by atoms with E-state index in [0.717, 1.165) is 34.6 Å². The van der Waals surface area contributed by atoms with Crippen molar-refractivity contribution in [1.29, 1.82) is 0 Å². The molecule has 0 radical (unpaired) electrons. The second-order valence-corrected chi connectivity index (χ2v) is 5.64. The Bertz CT molecular complexity index is 715. The molecule has 5 nitrogen and oxygen atoms in total. The van der Waals surface area contributed by atoms with Crippen LogP contribution < -0.4 is 10.1 Å². The molecule has 120 valence electrons. The summed E-state index contributed by atoms with van der Waals surface area (Å²) in [6, 6.07) is 10.1. The molecule has 0 saturated carbocycles. The third-order valence-electron chi connectivity index (χ3n) is 3.90. The monoisotopic (exact) mass is 312 g/mol. The van der Waals surface area contributed by atoms with Gasteiger partial charge in [-0.1, -0.05) is 18.2 Å². The van der Waals surface area contributed by atoms with E-state index in [2.05, 4.69) is 16.4 Å². The number of amides is 1. The Balaban J connectivity index is 1.77. The number of hydrogen-bond acceptors (Lipinski definition) is 4. The highest BCUT2D eigenvalue weighted by Gasteiger charge is 2.26. The molecule has 1 atom stereocenters. The fraction of sp³-hybridized carbons (Fsp3) is 0.333. The van der Waals surface area contributed by atoms with E-state index < -0.39 is 0 Å². The van der Waals surface area contributed by atoms with Gasteiger partial charge in [-0.25, -0.2) is 0 Å². The number of para-hydroxylation sites is 1. The summed E-state index contributed by atoms with van der Waals surface area (Å²) in [5.74, 6) is 0.744. The van der Waals surface area contributed by atoms with E-state index in [1.165, 1.54) is 7.11 Å². The van der Waals surface area contributed by atoms with Crippen molar-refractivity contribution >= 4 is 5.91 Å². The number of hydrogen-bond donors (Lipinski definition) is 1. The van der Waals surface area contributed by atoms with Crippen LogP contribution in [0.2, 0.25) is 0 Å². The zero-order valence-electron chi connectivity index (χ0n) is 13.3. The third-order valence-corrected chi connectivity index (χ3v) is 3.90. The summed E-state index contributed by atoms with van der Waals surface area (Å²) in [4.78, 5) is 16.0. The maximum atomic E-state index is 11.5. The van der Waals surface area contributed by atoms with E-state index in [0.29, 0.717) is 6.54 Å². The Morgan fingerprint density at radius 1 is 1.39 bits per heavy atom. The highest BCUT2D eigenvalue weighted by Crippen LogP contribution is 2.38. The van der Waals surface area contributed by atoms with Crippen molar-refractivity contribution in [1.82, 2.24) is 10.3 Å². The second-order valence-electron chi connectivity index (χ2n) is 5.64. The van der Waals surface area contributed by atoms with Crippen LogP contribution in [0.3, 0.4) is 0 Å². The van der Waals surface area contributed by atoms with Gasteiger partial charge in [-0.2, -0.15) is 0 Å². The lowest BCUT2D eigenvalue weighted by Gasteiger charge is -2.14. The van der Waals surface area contributed by atoms with Gasteiger partial charge in [0.05, 0.1) is 12.2 Å².